The lowest BCUT2D eigenvalue weighted by Crippen LogP contribution is -2.39. The van der Waals surface area contributed by atoms with Crippen LogP contribution in [0.3, 0.4) is 0 Å². The minimum Gasteiger partial charge on any atom is -0.314 e. The Hall–Kier alpha value is -0.120. The van der Waals surface area contributed by atoms with Crippen LogP contribution in [0.1, 0.15) is 39.0 Å². The zero-order chi connectivity index (χ0) is 11.8. The maximum atomic E-state index is 3.66. The summed E-state index contributed by atoms with van der Waals surface area (Å²) in [4.78, 5) is 2.23. The number of likely N-dealkylation sites (N-methyl/N-ethyl adjacent to an activating group) is 1. The van der Waals surface area contributed by atoms with E-state index in [9.17, 15) is 0 Å². The van der Waals surface area contributed by atoms with Crippen LogP contribution in [-0.4, -0.2) is 50.7 Å². The minimum absolute atomic E-state index is 0.635. The second kappa shape index (κ2) is 8.04. The Labute approximate surface area is 101 Å². The summed E-state index contributed by atoms with van der Waals surface area (Å²) in [7, 11) is 4.25. The molecular formula is C13H29N3. The molecule has 0 spiro atoms. The highest BCUT2D eigenvalue weighted by molar-refractivity contribution is 4.76. The van der Waals surface area contributed by atoms with Crippen LogP contribution in [0.15, 0.2) is 0 Å². The average molecular weight is 227 g/mol. The van der Waals surface area contributed by atoms with Crippen molar-refractivity contribution in [3.05, 3.63) is 0 Å². The molecule has 0 amide bonds. The fourth-order valence-electron chi connectivity index (χ4n) is 2.35. The number of rotatable bonds is 6. The molecule has 1 rings (SSSR count). The van der Waals surface area contributed by atoms with E-state index in [0.717, 1.165) is 19.1 Å². The zero-order valence-corrected chi connectivity index (χ0v) is 11.3. The molecule has 1 aliphatic heterocycles. The topological polar surface area (TPSA) is 27.3 Å². The first-order chi connectivity index (χ1) is 7.68. The molecular weight excluding hydrogens is 198 g/mol. The summed E-state index contributed by atoms with van der Waals surface area (Å²) < 4.78 is 0. The zero-order valence-electron chi connectivity index (χ0n) is 11.3. The summed E-state index contributed by atoms with van der Waals surface area (Å²) in [5.41, 5.74) is 0. The average Bonchev–Trinajstić information content (AvgIpc) is 2.45. The number of nitrogens with one attached hydrogen (secondary N) is 2. The molecule has 1 saturated heterocycles. The largest absolute Gasteiger partial charge is 0.314 e. The maximum Gasteiger partial charge on any atom is 0.0101 e. The Kier molecular flexibility index (Phi) is 7.01. The van der Waals surface area contributed by atoms with Gasteiger partial charge in [-0.3, -0.25) is 0 Å². The van der Waals surface area contributed by atoms with Gasteiger partial charge in [0.25, 0.3) is 0 Å². The maximum absolute atomic E-state index is 3.66. The van der Waals surface area contributed by atoms with Crippen molar-refractivity contribution in [3.63, 3.8) is 0 Å². The van der Waals surface area contributed by atoms with E-state index in [1.807, 2.05) is 0 Å². The number of hydrogen-bond donors (Lipinski definition) is 2. The molecule has 96 valence electrons. The molecule has 1 heterocycles. The van der Waals surface area contributed by atoms with Crippen molar-refractivity contribution in [1.82, 2.24) is 15.5 Å². The van der Waals surface area contributed by atoms with Crippen LogP contribution in [0.5, 0.6) is 0 Å². The Morgan fingerprint density at radius 2 is 2.12 bits per heavy atom. The predicted molar refractivity (Wildman–Crippen MR) is 70.9 cm³/mol. The summed E-state index contributed by atoms with van der Waals surface area (Å²) in [5, 5.41) is 7.26. The fourth-order valence-corrected chi connectivity index (χ4v) is 2.35. The Bertz CT molecular complexity index is 163. The van der Waals surface area contributed by atoms with Gasteiger partial charge in [0, 0.05) is 25.2 Å². The first-order valence-corrected chi connectivity index (χ1v) is 6.80. The molecule has 1 aliphatic rings. The van der Waals surface area contributed by atoms with Gasteiger partial charge in [0.05, 0.1) is 0 Å². The molecule has 2 atom stereocenters. The van der Waals surface area contributed by atoms with E-state index in [0.29, 0.717) is 6.04 Å². The molecule has 3 nitrogen and oxygen atoms in total. The van der Waals surface area contributed by atoms with Gasteiger partial charge >= 0.3 is 0 Å². The summed E-state index contributed by atoms with van der Waals surface area (Å²) in [6.45, 7) is 5.75. The van der Waals surface area contributed by atoms with Crippen LogP contribution in [0, 0.1) is 0 Å². The highest BCUT2D eigenvalue weighted by atomic mass is 15.1. The number of hydrogen-bond acceptors (Lipinski definition) is 3. The van der Waals surface area contributed by atoms with Crippen LogP contribution in [0.4, 0.5) is 0 Å². The van der Waals surface area contributed by atoms with Crippen LogP contribution in [0.2, 0.25) is 0 Å². The normalized spacial score (nSPS) is 24.4. The molecule has 0 aliphatic carbocycles. The van der Waals surface area contributed by atoms with Gasteiger partial charge in [0.1, 0.15) is 0 Å². The lowest BCUT2D eigenvalue weighted by molar-refractivity contribution is 0.361. The van der Waals surface area contributed by atoms with Crippen molar-refractivity contribution < 1.29 is 0 Å². The molecule has 1 fully saturated rings. The van der Waals surface area contributed by atoms with E-state index in [2.05, 4.69) is 36.6 Å². The van der Waals surface area contributed by atoms with E-state index in [1.165, 1.54) is 38.6 Å². The van der Waals surface area contributed by atoms with Gasteiger partial charge < -0.3 is 15.5 Å². The van der Waals surface area contributed by atoms with Crippen LogP contribution < -0.4 is 10.6 Å². The number of nitrogens with zero attached hydrogens (tertiary/aromatic N) is 1. The van der Waals surface area contributed by atoms with Crippen molar-refractivity contribution in [3.8, 4) is 0 Å². The van der Waals surface area contributed by atoms with Gasteiger partial charge in [-0.15, -0.1) is 0 Å². The highest BCUT2D eigenvalue weighted by Crippen LogP contribution is 2.12. The molecule has 0 aromatic rings. The van der Waals surface area contributed by atoms with Crippen molar-refractivity contribution in [2.45, 2.75) is 51.1 Å². The predicted octanol–water partition coefficient (Wildman–Crippen LogP) is 1.45. The minimum atomic E-state index is 0.635. The van der Waals surface area contributed by atoms with E-state index >= 15 is 0 Å². The van der Waals surface area contributed by atoms with E-state index < -0.39 is 0 Å². The second-order valence-corrected chi connectivity index (χ2v) is 5.39. The molecule has 0 radical (unpaired) electrons. The van der Waals surface area contributed by atoms with Crippen molar-refractivity contribution >= 4 is 0 Å². The van der Waals surface area contributed by atoms with Crippen LogP contribution in [-0.2, 0) is 0 Å². The lowest BCUT2D eigenvalue weighted by atomic mass is 10.0. The lowest BCUT2D eigenvalue weighted by Gasteiger charge is -2.22. The summed E-state index contributed by atoms with van der Waals surface area (Å²) in [6, 6.07) is 1.37. The van der Waals surface area contributed by atoms with E-state index in [4.69, 9.17) is 0 Å². The third-order valence-corrected chi connectivity index (χ3v) is 3.35. The standard InChI is InChI=1S/C13H29N3/c1-12(14-9-10-16(2)3)11-13-7-5-4-6-8-15-13/h12-15H,4-11H2,1-3H3. The van der Waals surface area contributed by atoms with Crippen LogP contribution in [0.25, 0.3) is 0 Å². The quantitative estimate of drug-likeness (QED) is 0.719. The second-order valence-electron chi connectivity index (χ2n) is 5.39. The molecule has 0 bridgehead atoms. The van der Waals surface area contributed by atoms with Crippen molar-refractivity contribution in [1.29, 1.82) is 0 Å². The van der Waals surface area contributed by atoms with Gasteiger partial charge in [0.2, 0.25) is 0 Å². The Morgan fingerprint density at radius 1 is 1.31 bits per heavy atom. The molecule has 0 aromatic heterocycles. The molecule has 0 aromatic carbocycles. The molecule has 0 saturated carbocycles. The van der Waals surface area contributed by atoms with E-state index in [-0.39, 0.29) is 0 Å². The Balaban J connectivity index is 2.09. The highest BCUT2D eigenvalue weighted by Gasteiger charge is 2.14. The van der Waals surface area contributed by atoms with Gasteiger partial charge in [-0.1, -0.05) is 12.8 Å². The summed E-state index contributed by atoms with van der Waals surface area (Å²) in [5.74, 6) is 0. The molecule has 3 heteroatoms. The molecule has 16 heavy (non-hydrogen) atoms. The molecule has 2 unspecified atom stereocenters. The third kappa shape index (κ3) is 6.46. The SMILES string of the molecule is CC(CC1CCCCCN1)NCCN(C)C. The van der Waals surface area contributed by atoms with Gasteiger partial charge in [0.15, 0.2) is 0 Å². The summed E-state index contributed by atoms with van der Waals surface area (Å²) in [6.07, 6.45) is 6.81. The smallest absolute Gasteiger partial charge is 0.0101 e. The van der Waals surface area contributed by atoms with Crippen LogP contribution >= 0.6 is 0 Å². The van der Waals surface area contributed by atoms with Crippen molar-refractivity contribution in [2.75, 3.05) is 33.7 Å². The summed E-state index contributed by atoms with van der Waals surface area (Å²) >= 11 is 0. The van der Waals surface area contributed by atoms with E-state index in [1.54, 1.807) is 0 Å². The third-order valence-electron chi connectivity index (χ3n) is 3.35. The first kappa shape index (κ1) is 13.9. The molecule has 2 N–H and O–H groups in total. The van der Waals surface area contributed by atoms with Crippen molar-refractivity contribution in [2.24, 2.45) is 0 Å². The Morgan fingerprint density at radius 3 is 2.88 bits per heavy atom. The fraction of sp³-hybridized carbons (Fsp3) is 1.00. The van der Waals surface area contributed by atoms with Gasteiger partial charge in [-0.2, -0.15) is 0 Å². The van der Waals surface area contributed by atoms with Gasteiger partial charge in [-0.05, 0) is 46.8 Å². The monoisotopic (exact) mass is 227 g/mol. The first-order valence-electron chi connectivity index (χ1n) is 6.80. The van der Waals surface area contributed by atoms with Gasteiger partial charge in [-0.25, -0.2) is 0 Å².